The Hall–Kier alpha value is -0.220. The first-order chi connectivity index (χ1) is 8.08. The Morgan fingerprint density at radius 1 is 1.00 bits per heavy atom. The van der Waals surface area contributed by atoms with Crippen molar-refractivity contribution in [2.24, 2.45) is 0 Å². The Bertz CT molecular complexity index is 749. The Labute approximate surface area is 124 Å². The van der Waals surface area contributed by atoms with Gasteiger partial charge < -0.3 is 4.42 Å². The summed E-state index contributed by atoms with van der Waals surface area (Å²) in [6.07, 6.45) is 0. The topological polar surface area (TPSA) is 13.1 Å². The Kier molecular flexibility index (Phi) is 2.90. The average Bonchev–Trinajstić information content (AvgIpc) is 2.63. The maximum Gasteiger partial charge on any atom is 0.138 e. The molecule has 0 radical (unpaired) electrons. The van der Waals surface area contributed by atoms with Crippen molar-refractivity contribution in [2.45, 2.75) is 0 Å². The molecule has 0 fully saturated rings. The van der Waals surface area contributed by atoms with Crippen LogP contribution in [-0.2, 0) is 0 Å². The summed E-state index contributed by atoms with van der Waals surface area (Å²) in [6, 6.07) is 7.41. The van der Waals surface area contributed by atoms with E-state index in [9.17, 15) is 0 Å². The number of rotatable bonds is 0. The third-order valence-corrected chi connectivity index (χ3v) is 5.38. The quantitative estimate of drug-likeness (QED) is 0.401. The summed E-state index contributed by atoms with van der Waals surface area (Å²) in [5, 5.41) is 3.14. The molecule has 86 valence electrons. The van der Waals surface area contributed by atoms with Gasteiger partial charge in [-0.15, -0.1) is 0 Å². The van der Waals surface area contributed by atoms with Crippen LogP contribution in [0.2, 0.25) is 10.0 Å². The summed E-state index contributed by atoms with van der Waals surface area (Å²) in [7, 11) is 0. The molecule has 2 aromatic carbocycles. The van der Waals surface area contributed by atoms with Gasteiger partial charge in [-0.3, -0.25) is 0 Å². The van der Waals surface area contributed by atoms with Crippen LogP contribution in [0.3, 0.4) is 0 Å². The average molecular weight is 395 g/mol. The number of hydrogen-bond acceptors (Lipinski definition) is 1. The van der Waals surface area contributed by atoms with E-state index < -0.39 is 0 Å². The molecule has 0 amide bonds. The number of fused-ring (bicyclic) bond motifs is 3. The molecule has 3 aromatic rings. The molecule has 1 aromatic heterocycles. The van der Waals surface area contributed by atoms with E-state index in [0.717, 1.165) is 30.9 Å². The van der Waals surface area contributed by atoms with Crippen LogP contribution in [0.5, 0.6) is 0 Å². The van der Waals surface area contributed by atoms with Gasteiger partial charge in [0.2, 0.25) is 0 Å². The Morgan fingerprint density at radius 3 is 2.53 bits per heavy atom. The van der Waals surface area contributed by atoms with Gasteiger partial charge in [-0.05, 0) is 50.1 Å². The molecule has 1 heterocycles. The zero-order valence-corrected chi connectivity index (χ0v) is 12.9. The second-order valence-electron chi connectivity index (χ2n) is 3.60. The van der Waals surface area contributed by atoms with E-state index >= 15 is 0 Å². The summed E-state index contributed by atoms with van der Waals surface area (Å²) in [5.41, 5.74) is 1.47. The zero-order valence-electron chi connectivity index (χ0n) is 8.23. The molecule has 0 saturated carbocycles. The predicted molar refractivity (Wildman–Crippen MR) is 79.1 cm³/mol. The van der Waals surface area contributed by atoms with Crippen LogP contribution in [0.15, 0.2) is 37.6 Å². The zero-order chi connectivity index (χ0) is 12.2. The maximum atomic E-state index is 6.32. The first kappa shape index (κ1) is 11.8. The lowest BCUT2D eigenvalue weighted by atomic mass is 10.1. The number of halogens is 4. The van der Waals surface area contributed by atoms with E-state index in [1.165, 1.54) is 0 Å². The van der Waals surface area contributed by atoms with Gasteiger partial charge in [-0.2, -0.15) is 0 Å². The van der Waals surface area contributed by atoms with Crippen molar-refractivity contribution in [3.63, 3.8) is 0 Å². The fraction of sp³-hybridized carbons (Fsp3) is 0. The van der Waals surface area contributed by atoms with Crippen molar-refractivity contribution in [1.82, 2.24) is 0 Å². The lowest BCUT2D eigenvalue weighted by Gasteiger charge is -2.00. The first-order valence-corrected chi connectivity index (χ1v) is 7.07. The maximum absolute atomic E-state index is 6.32. The largest absolute Gasteiger partial charge is 0.456 e. The van der Waals surface area contributed by atoms with Gasteiger partial charge in [0.05, 0.1) is 9.50 Å². The summed E-state index contributed by atoms with van der Waals surface area (Å²) < 4.78 is 7.41. The van der Waals surface area contributed by atoms with Crippen LogP contribution >= 0.6 is 55.1 Å². The lowest BCUT2D eigenvalue weighted by molar-refractivity contribution is 0.668. The molecule has 0 saturated heterocycles. The van der Waals surface area contributed by atoms with Crippen LogP contribution in [-0.4, -0.2) is 0 Å². The van der Waals surface area contributed by atoms with Crippen LogP contribution in [0.4, 0.5) is 0 Å². The SMILES string of the molecule is Clc1ccc2c(c1)oc1cc(Br)c(Br)c(Cl)c12. The summed E-state index contributed by atoms with van der Waals surface area (Å²) in [4.78, 5) is 0. The molecule has 0 bridgehead atoms. The van der Waals surface area contributed by atoms with E-state index in [4.69, 9.17) is 27.6 Å². The molecule has 0 aliphatic carbocycles. The molecule has 0 spiro atoms. The Balaban J connectivity index is 2.57. The molecular formula is C12H4Br2Cl2O. The van der Waals surface area contributed by atoms with Gasteiger partial charge in [0.15, 0.2) is 0 Å². The fourth-order valence-electron chi connectivity index (χ4n) is 1.81. The lowest BCUT2D eigenvalue weighted by Crippen LogP contribution is -1.75. The van der Waals surface area contributed by atoms with E-state index in [2.05, 4.69) is 31.9 Å². The summed E-state index contributed by atoms with van der Waals surface area (Å²) in [6.45, 7) is 0. The smallest absolute Gasteiger partial charge is 0.138 e. The molecule has 0 unspecified atom stereocenters. The highest BCUT2D eigenvalue weighted by atomic mass is 79.9. The number of furan rings is 1. The monoisotopic (exact) mass is 392 g/mol. The van der Waals surface area contributed by atoms with Gasteiger partial charge >= 0.3 is 0 Å². The Morgan fingerprint density at radius 2 is 1.76 bits per heavy atom. The van der Waals surface area contributed by atoms with Crippen LogP contribution in [0, 0.1) is 0 Å². The predicted octanol–water partition coefficient (Wildman–Crippen LogP) is 6.42. The van der Waals surface area contributed by atoms with Crippen molar-refractivity contribution < 1.29 is 4.42 Å². The second kappa shape index (κ2) is 4.16. The molecule has 1 nitrogen and oxygen atoms in total. The number of benzene rings is 2. The van der Waals surface area contributed by atoms with Crippen LogP contribution in [0.1, 0.15) is 0 Å². The minimum atomic E-state index is 0.635. The highest BCUT2D eigenvalue weighted by molar-refractivity contribution is 9.13. The molecule has 17 heavy (non-hydrogen) atoms. The molecule has 0 aliphatic heterocycles. The van der Waals surface area contributed by atoms with Gasteiger partial charge in [-0.1, -0.05) is 23.2 Å². The molecule has 0 aliphatic rings. The van der Waals surface area contributed by atoms with Crippen molar-refractivity contribution in [3.8, 4) is 0 Å². The minimum Gasteiger partial charge on any atom is -0.456 e. The standard InChI is InChI=1S/C12H4Br2Cl2O/c13-7-4-9-10(12(16)11(7)14)6-2-1-5(15)3-8(6)17-9/h1-4H. The van der Waals surface area contributed by atoms with Crippen molar-refractivity contribution in [1.29, 1.82) is 0 Å². The molecular weight excluding hydrogens is 391 g/mol. The third kappa shape index (κ3) is 1.80. The highest BCUT2D eigenvalue weighted by Crippen LogP contribution is 2.42. The van der Waals surface area contributed by atoms with Gasteiger partial charge in [0.25, 0.3) is 0 Å². The molecule has 0 N–H and O–H groups in total. The molecule has 5 heteroatoms. The van der Waals surface area contributed by atoms with Crippen LogP contribution in [0.25, 0.3) is 21.9 Å². The third-order valence-electron chi connectivity index (χ3n) is 2.56. The summed E-state index contributed by atoms with van der Waals surface area (Å²) >= 11 is 19.1. The van der Waals surface area contributed by atoms with Crippen molar-refractivity contribution in [3.05, 3.63) is 43.3 Å². The van der Waals surface area contributed by atoms with Crippen molar-refractivity contribution in [2.75, 3.05) is 0 Å². The van der Waals surface area contributed by atoms with Crippen LogP contribution < -0.4 is 0 Å². The molecule has 0 atom stereocenters. The van der Waals surface area contributed by atoms with E-state index in [-0.39, 0.29) is 0 Å². The van der Waals surface area contributed by atoms with Gasteiger partial charge in [0, 0.05) is 26.3 Å². The highest BCUT2D eigenvalue weighted by Gasteiger charge is 2.15. The summed E-state index contributed by atoms with van der Waals surface area (Å²) in [5.74, 6) is 0. The second-order valence-corrected chi connectivity index (χ2v) is 6.06. The number of hydrogen-bond donors (Lipinski definition) is 0. The minimum absolute atomic E-state index is 0.635. The molecule has 3 rings (SSSR count). The van der Waals surface area contributed by atoms with E-state index in [1.54, 1.807) is 6.07 Å². The first-order valence-electron chi connectivity index (χ1n) is 4.73. The normalized spacial score (nSPS) is 11.5. The van der Waals surface area contributed by atoms with Crippen molar-refractivity contribution >= 4 is 77.0 Å². The fourth-order valence-corrected chi connectivity index (χ4v) is 3.10. The van der Waals surface area contributed by atoms with Gasteiger partial charge in [0.1, 0.15) is 11.2 Å². The van der Waals surface area contributed by atoms with E-state index in [0.29, 0.717) is 10.0 Å². The van der Waals surface area contributed by atoms with Gasteiger partial charge in [-0.25, -0.2) is 0 Å². The van der Waals surface area contributed by atoms with E-state index in [1.807, 2.05) is 18.2 Å².